The Balaban J connectivity index is 1.84. The van der Waals surface area contributed by atoms with E-state index < -0.39 is 0 Å². The van der Waals surface area contributed by atoms with E-state index in [4.69, 9.17) is 12.3 Å². The lowest BCUT2D eigenvalue weighted by Gasteiger charge is -2.14. The lowest BCUT2D eigenvalue weighted by Crippen LogP contribution is -2.17. The number of hydrogen-bond donors (Lipinski definition) is 3. The Morgan fingerprint density at radius 3 is 2.61 bits per heavy atom. The van der Waals surface area contributed by atoms with Crippen molar-refractivity contribution in [2.24, 2.45) is 0 Å². The van der Waals surface area contributed by atoms with Gasteiger partial charge in [-0.25, -0.2) is 14.8 Å². The molecule has 0 aliphatic heterocycles. The first-order valence-corrected chi connectivity index (χ1v) is 8.60. The highest BCUT2D eigenvalue weighted by atomic mass is 16.1. The number of para-hydroxylation sites is 1. The van der Waals surface area contributed by atoms with Gasteiger partial charge in [0.25, 0.3) is 5.69 Å². The van der Waals surface area contributed by atoms with Crippen LogP contribution in [0.4, 0.5) is 17.3 Å². The van der Waals surface area contributed by atoms with Crippen molar-refractivity contribution >= 4 is 28.2 Å². The Morgan fingerprint density at radius 1 is 1.07 bits per heavy atom. The number of aromatic amines is 1. The van der Waals surface area contributed by atoms with Gasteiger partial charge < -0.3 is 16.0 Å². The lowest BCUT2D eigenvalue weighted by molar-refractivity contribution is 1.07. The summed E-state index contributed by atoms with van der Waals surface area (Å²) in [6.07, 6.45) is 1.29. The highest BCUT2D eigenvalue weighted by molar-refractivity contribution is 5.83. The van der Waals surface area contributed by atoms with Gasteiger partial charge in [0.2, 0.25) is 0 Å². The monoisotopic (exact) mass is 368 g/mol. The van der Waals surface area contributed by atoms with Crippen LogP contribution in [0.2, 0.25) is 0 Å². The minimum Gasteiger partial charge on any atom is -0.392 e. The minimum absolute atomic E-state index is 0.0768. The number of fused-ring (bicyclic) bond motifs is 1. The van der Waals surface area contributed by atoms with Crippen molar-refractivity contribution in [2.75, 3.05) is 11.1 Å². The van der Waals surface area contributed by atoms with Gasteiger partial charge in [0.1, 0.15) is 18.0 Å². The Labute approximate surface area is 160 Å². The van der Waals surface area contributed by atoms with Gasteiger partial charge in [-0.15, -0.1) is 0 Å². The molecule has 28 heavy (non-hydrogen) atoms. The molecule has 4 N–H and O–H groups in total. The zero-order chi connectivity index (χ0) is 19.5. The summed E-state index contributed by atoms with van der Waals surface area (Å²) < 4.78 is 0. The number of nitrogens with two attached hydrogens (primary N) is 1. The van der Waals surface area contributed by atoms with Crippen molar-refractivity contribution in [1.82, 2.24) is 15.0 Å². The topological polar surface area (TPSA) is 101 Å². The zero-order valence-electron chi connectivity index (χ0n) is 14.8. The van der Waals surface area contributed by atoms with Crippen LogP contribution >= 0.6 is 0 Å². The molecule has 2 heterocycles. The summed E-state index contributed by atoms with van der Waals surface area (Å²) in [6.45, 7) is 7.48. The number of benzene rings is 2. The van der Waals surface area contributed by atoms with Crippen molar-refractivity contribution in [3.63, 3.8) is 0 Å². The van der Waals surface area contributed by atoms with Crippen LogP contribution in [0.25, 0.3) is 27.0 Å². The zero-order valence-corrected chi connectivity index (χ0v) is 14.8. The number of rotatable bonds is 4. The number of nitrogens with one attached hydrogen (secondary N) is 2. The molecule has 0 aliphatic carbocycles. The predicted octanol–water partition coefficient (Wildman–Crippen LogP) is 3.73. The van der Waals surface area contributed by atoms with Crippen LogP contribution in [0.3, 0.4) is 0 Å². The van der Waals surface area contributed by atoms with Crippen LogP contribution in [0.15, 0.2) is 65.7 Å². The number of aromatic nitrogens is 3. The maximum atomic E-state index is 13.2. The largest absolute Gasteiger partial charge is 0.392 e. The van der Waals surface area contributed by atoms with E-state index >= 15 is 0 Å². The molecule has 136 valence electrons. The second-order valence-electron chi connectivity index (χ2n) is 6.14. The van der Waals surface area contributed by atoms with Gasteiger partial charge in [-0.3, -0.25) is 4.79 Å². The van der Waals surface area contributed by atoms with Crippen LogP contribution < -0.4 is 16.5 Å². The van der Waals surface area contributed by atoms with E-state index in [0.717, 1.165) is 16.8 Å². The van der Waals surface area contributed by atoms with Gasteiger partial charge >= 0.3 is 0 Å². The molecular weight excluding hydrogens is 352 g/mol. The molecule has 0 bridgehead atoms. The first kappa shape index (κ1) is 17.2. The average molecular weight is 368 g/mol. The van der Waals surface area contributed by atoms with Crippen molar-refractivity contribution in [2.45, 2.75) is 6.54 Å². The number of hydrogen-bond acceptors (Lipinski definition) is 5. The van der Waals surface area contributed by atoms with Crippen LogP contribution in [-0.2, 0) is 6.54 Å². The lowest BCUT2D eigenvalue weighted by atomic mass is 10.0. The first-order chi connectivity index (χ1) is 13.7. The molecule has 0 saturated carbocycles. The van der Waals surface area contributed by atoms with Crippen molar-refractivity contribution < 1.29 is 0 Å². The molecule has 2 aromatic heterocycles. The number of anilines is 2. The van der Waals surface area contributed by atoms with Gasteiger partial charge in [-0.1, -0.05) is 42.5 Å². The second-order valence-corrected chi connectivity index (χ2v) is 6.14. The number of H-pyrrole nitrogens is 1. The van der Waals surface area contributed by atoms with Gasteiger partial charge in [-0.05, 0) is 17.7 Å². The molecule has 4 rings (SSSR count). The maximum absolute atomic E-state index is 13.2. The molecule has 7 nitrogen and oxygen atoms in total. The molecular formula is C21H16N6O. The van der Waals surface area contributed by atoms with Crippen LogP contribution in [0.5, 0.6) is 0 Å². The standard InChI is InChI=1S/C21H16N6O/c1-23-18-20(22)25-12-26-21(18)24-11-15-17(13-7-3-2-4-8-13)27-16-10-6-5-9-14(16)19(15)28/h2-10,12H,11H2,(H,27,28)(H3,22,24,25,26). The van der Waals surface area contributed by atoms with Crippen molar-refractivity contribution in [1.29, 1.82) is 0 Å². The Bertz CT molecular complexity index is 1260. The number of pyridine rings is 1. The van der Waals surface area contributed by atoms with E-state index in [1.807, 2.05) is 48.5 Å². The third-order valence-electron chi connectivity index (χ3n) is 4.46. The normalized spacial score (nSPS) is 10.5. The number of nitrogens with zero attached hydrogens (tertiary/aromatic N) is 3. The fourth-order valence-corrected chi connectivity index (χ4v) is 3.10. The molecule has 0 unspecified atom stereocenters. The molecule has 7 heteroatoms. The summed E-state index contributed by atoms with van der Waals surface area (Å²) in [5, 5.41) is 3.68. The smallest absolute Gasteiger partial charge is 0.268 e. The van der Waals surface area contributed by atoms with E-state index in [-0.39, 0.29) is 23.5 Å². The van der Waals surface area contributed by atoms with Gasteiger partial charge in [-0.2, -0.15) is 0 Å². The highest BCUT2D eigenvalue weighted by Gasteiger charge is 2.15. The fraction of sp³-hybridized carbons (Fsp3) is 0.0476. The number of nitrogen functional groups attached to an aromatic ring is 1. The summed E-state index contributed by atoms with van der Waals surface area (Å²) in [5.41, 5.74) is 8.76. The minimum atomic E-state index is -0.0768. The molecule has 0 fully saturated rings. The molecule has 0 aliphatic rings. The maximum Gasteiger partial charge on any atom is 0.268 e. The summed E-state index contributed by atoms with van der Waals surface area (Å²) in [6, 6.07) is 17.0. The van der Waals surface area contributed by atoms with Gasteiger partial charge in [0.05, 0.1) is 12.3 Å². The van der Waals surface area contributed by atoms with Crippen molar-refractivity contribution in [3.8, 4) is 11.3 Å². The molecule has 0 radical (unpaired) electrons. The Kier molecular flexibility index (Phi) is 4.44. The van der Waals surface area contributed by atoms with E-state index in [2.05, 4.69) is 25.1 Å². The summed E-state index contributed by atoms with van der Waals surface area (Å²) in [7, 11) is 0. The van der Waals surface area contributed by atoms with E-state index in [1.54, 1.807) is 6.07 Å². The summed E-state index contributed by atoms with van der Waals surface area (Å²) in [5.74, 6) is 0.400. The van der Waals surface area contributed by atoms with E-state index in [0.29, 0.717) is 16.8 Å². The second kappa shape index (κ2) is 7.21. The summed E-state index contributed by atoms with van der Waals surface area (Å²) >= 11 is 0. The van der Waals surface area contributed by atoms with E-state index in [1.165, 1.54) is 6.33 Å². The average Bonchev–Trinajstić information content (AvgIpc) is 2.73. The van der Waals surface area contributed by atoms with E-state index in [9.17, 15) is 4.79 Å². The van der Waals surface area contributed by atoms with Crippen LogP contribution in [0, 0.1) is 6.57 Å². The molecule has 4 aromatic rings. The summed E-state index contributed by atoms with van der Waals surface area (Å²) in [4.78, 5) is 27.9. The van der Waals surface area contributed by atoms with Gasteiger partial charge in [0.15, 0.2) is 5.43 Å². The molecule has 2 aromatic carbocycles. The quantitative estimate of drug-likeness (QED) is 0.477. The Morgan fingerprint density at radius 2 is 1.82 bits per heavy atom. The van der Waals surface area contributed by atoms with Crippen LogP contribution in [-0.4, -0.2) is 15.0 Å². The highest BCUT2D eigenvalue weighted by Crippen LogP contribution is 2.28. The fourth-order valence-electron chi connectivity index (χ4n) is 3.10. The van der Waals surface area contributed by atoms with Gasteiger partial charge in [0, 0.05) is 23.0 Å². The third-order valence-corrected chi connectivity index (χ3v) is 4.46. The molecule has 0 spiro atoms. The van der Waals surface area contributed by atoms with Crippen LogP contribution in [0.1, 0.15) is 5.56 Å². The molecule has 0 saturated heterocycles. The predicted molar refractivity (Wildman–Crippen MR) is 110 cm³/mol. The SMILES string of the molecule is [C-]#[N+]c1c(N)ncnc1NCc1c(-c2ccccc2)[nH]c2ccccc2c1=O. The Hall–Kier alpha value is -4.18. The molecule has 0 atom stereocenters. The molecule has 0 amide bonds. The third kappa shape index (κ3) is 3.04. The first-order valence-electron chi connectivity index (χ1n) is 8.60. The van der Waals surface area contributed by atoms with Crippen molar-refractivity contribution in [3.05, 3.63) is 88.1 Å².